The fourth-order valence-electron chi connectivity index (χ4n) is 3.23. The molecule has 4 aromatic rings. The maximum Gasteiger partial charge on any atom is 0.257 e. The summed E-state index contributed by atoms with van der Waals surface area (Å²) in [5, 5.41) is 5.92. The predicted molar refractivity (Wildman–Crippen MR) is 139 cm³/mol. The first-order chi connectivity index (χ1) is 16.7. The molecule has 1 amide bonds. The number of hydrogen-bond donors (Lipinski definition) is 2. The van der Waals surface area contributed by atoms with Crippen molar-refractivity contribution in [1.29, 1.82) is 0 Å². The summed E-state index contributed by atoms with van der Waals surface area (Å²) in [7, 11) is 0. The van der Waals surface area contributed by atoms with Crippen molar-refractivity contribution in [2.75, 3.05) is 11.9 Å². The highest BCUT2D eigenvalue weighted by molar-refractivity contribution is 7.80. The van der Waals surface area contributed by atoms with Gasteiger partial charge in [-0.05, 0) is 72.4 Å². The molecule has 0 aliphatic heterocycles. The summed E-state index contributed by atoms with van der Waals surface area (Å²) in [5.41, 5.74) is 2.41. The first kappa shape index (κ1) is 23.0. The van der Waals surface area contributed by atoms with Crippen molar-refractivity contribution in [1.82, 2.24) is 5.32 Å². The van der Waals surface area contributed by atoms with Crippen LogP contribution in [0.2, 0.25) is 0 Å². The van der Waals surface area contributed by atoms with Crippen LogP contribution in [0.3, 0.4) is 0 Å². The van der Waals surface area contributed by atoms with Crippen molar-refractivity contribution in [2.24, 2.45) is 0 Å². The van der Waals surface area contributed by atoms with Gasteiger partial charge in [-0.3, -0.25) is 10.1 Å². The predicted octanol–water partition coefficient (Wildman–Crippen LogP) is 6.23. The van der Waals surface area contributed by atoms with Crippen LogP contribution in [0, 0.1) is 0 Å². The van der Waals surface area contributed by atoms with Crippen molar-refractivity contribution in [3.8, 4) is 17.2 Å². The third-order valence-electron chi connectivity index (χ3n) is 4.92. The van der Waals surface area contributed by atoms with E-state index in [2.05, 4.69) is 22.8 Å². The molecule has 0 bridgehead atoms. The number of hydrogen-bond acceptors (Lipinski definition) is 4. The Morgan fingerprint density at radius 1 is 0.735 bits per heavy atom. The Balaban J connectivity index is 1.27. The van der Waals surface area contributed by atoms with Crippen LogP contribution in [-0.2, 0) is 6.42 Å². The van der Waals surface area contributed by atoms with Crippen LogP contribution in [0.25, 0.3) is 0 Å². The molecular weight excluding hydrogens is 444 g/mol. The number of carbonyl (C=O) groups is 1. The van der Waals surface area contributed by atoms with E-state index in [0.717, 1.165) is 17.9 Å². The van der Waals surface area contributed by atoms with E-state index in [1.54, 1.807) is 18.2 Å². The Kier molecular flexibility index (Phi) is 7.87. The summed E-state index contributed by atoms with van der Waals surface area (Å²) in [6.45, 7) is 0.527. The van der Waals surface area contributed by atoms with Crippen molar-refractivity contribution in [3.05, 3.63) is 120 Å². The minimum absolute atomic E-state index is 0.206. The lowest BCUT2D eigenvalue weighted by molar-refractivity contribution is 0.0977. The summed E-state index contributed by atoms with van der Waals surface area (Å²) in [6, 6.07) is 34.0. The Morgan fingerprint density at radius 3 is 2.12 bits per heavy atom. The first-order valence-electron chi connectivity index (χ1n) is 10.9. The van der Waals surface area contributed by atoms with E-state index < -0.39 is 0 Å². The monoisotopic (exact) mass is 468 g/mol. The van der Waals surface area contributed by atoms with Crippen molar-refractivity contribution >= 4 is 28.9 Å². The SMILES string of the molecule is O=C(NC(=S)Nc1ccc(Oc2ccccc2)cc1)c1cccc(OCCc2ccccc2)c1. The zero-order valence-corrected chi connectivity index (χ0v) is 19.3. The molecule has 0 unspecified atom stereocenters. The molecule has 170 valence electrons. The van der Waals surface area contributed by atoms with Gasteiger partial charge in [0.2, 0.25) is 0 Å². The second kappa shape index (κ2) is 11.6. The maximum absolute atomic E-state index is 12.6. The van der Waals surface area contributed by atoms with Gasteiger partial charge < -0.3 is 14.8 Å². The minimum atomic E-state index is -0.310. The molecule has 0 fully saturated rings. The van der Waals surface area contributed by atoms with Gasteiger partial charge in [-0.2, -0.15) is 0 Å². The zero-order valence-electron chi connectivity index (χ0n) is 18.4. The number of para-hydroxylation sites is 1. The van der Waals surface area contributed by atoms with Gasteiger partial charge in [-0.25, -0.2) is 0 Å². The fourth-order valence-corrected chi connectivity index (χ4v) is 3.44. The molecule has 0 atom stereocenters. The molecule has 0 heterocycles. The Morgan fingerprint density at radius 2 is 1.38 bits per heavy atom. The summed E-state index contributed by atoms with van der Waals surface area (Å²) >= 11 is 5.30. The topological polar surface area (TPSA) is 59.6 Å². The number of nitrogens with one attached hydrogen (secondary N) is 2. The van der Waals surface area contributed by atoms with Crippen molar-refractivity contribution in [3.63, 3.8) is 0 Å². The van der Waals surface area contributed by atoms with E-state index in [4.69, 9.17) is 21.7 Å². The van der Waals surface area contributed by atoms with E-state index in [-0.39, 0.29) is 11.0 Å². The van der Waals surface area contributed by atoms with E-state index in [9.17, 15) is 4.79 Å². The zero-order chi connectivity index (χ0) is 23.6. The molecule has 34 heavy (non-hydrogen) atoms. The largest absolute Gasteiger partial charge is 0.493 e. The number of thiocarbonyl (C=S) groups is 1. The molecule has 0 aromatic heterocycles. The van der Waals surface area contributed by atoms with Crippen LogP contribution >= 0.6 is 12.2 Å². The number of carbonyl (C=O) groups excluding carboxylic acids is 1. The molecule has 0 saturated heterocycles. The summed E-state index contributed by atoms with van der Waals surface area (Å²) < 4.78 is 11.6. The van der Waals surface area contributed by atoms with Gasteiger partial charge in [-0.15, -0.1) is 0 Å². The lowest BCUT2D eigenvalue weighted by atomic mass is 10.2. The summed E-state index contributed by atoms with van der Waals surface area (Å²) in [5.74, 6) is 1.79. The van der Waals surface area contributed by atoms with Gasteiger partial charge >= 0.3 is 0 Å². The fraction of sp³-hybridized carbons (Fsp3) is 0.0714. The van der Waals surface area contributed by atoms with Crippen LogP contribution < -0.4 is 20.1 Å². The van der Waals surface area contributed by atoms with Gasteiger partial charge in [0.05, 0.1) is 6.61 Å². The highest BCUT2D eigenvalue weighted by Gasteiger charge is 2.09. The molecule has 0 radical (unpaired) electrons. The molecule has 4 rings (SSSR count). The Labute approximate surface area is 204 Å². The van der Waals surface area contributed by atoms with Gasteiger partial charge in [0.15, 0.2) is 5.11 Å². The molecule has 0 aliphatic carbocycles. The van der Waals surface area contributed by atoms with Gasteiger partial charge in [0.25, 0.3) is 5.91 Å². The quantitative estimate of drug-likeness (QED) is 0.300. The summed E-state index contributed by atoms with van der Waals surface area (Å²) in [4.78, 5) is 12.6. The average Bonchev–Trinajstić information content (AvgIpc) is 2.87. The highest BCUT2D eigenvalue weighted by Crippen LogP contribution is 2.22. The molecule has 5 nitrogen and oxygen atoms in total. The van der Waals surface area contributed by atoms with Gasteiger partial charge in [0, 0.05) is 17.7 Å². The highest BCUT2D eigenvalue weighted by atomic mass is 32.1. The van der Waals surface area contributed by atoms with Crippen LogP contribution in [0.1, 0.15) is 15.9 Å². The van der Waals surface area contributed by atoms with Crippen LogP contribution in [0.4, 0.5) is 5.69 Å². The molecule has 4 aromatic carbocycles. The van der Waals surface area contributed by atoms with E-state index in [1.807, 2.05) is 78.9 Å². The molecule has 2 N–H and O–H groups in total. The first-order valence-corrected chi connectivity index (χ1v) is 11.3. The van der Waals surface area contributed by atoms with E-state index in [0.29, 0.717) is 23.7 Å². The van der Waals surface area contributed by atoms with Crippen LogP contribution in [0.5, 0.6) is 17.2 Å². The third-order valence-corrected chi connectivity index (χ3v) is 5.12. The summed E-state index contributed by atoms with van der Waals surface area (Å²) in [6.07, 6.45) is 0.792. The maximum atomic E-state index is 12.6. The lowest BCUT2D eigenvalue weighted by Gasteiger charge is -2.12. The average molecular weight is 469 g/mol. The second-order valence-electron chi connectivity index (χ2n) is 7.46. The molecule has 0 saturated carbocycles. The molecule has 6 heteroatoms. The Bertz CT molecular complexity index is 1230. The number of amides is 1. The van der Waals surface area contributed by atoms with Crippen LogP contribution in [0.15, 0.2) is 109 Å². The molecular formula is C28H24N2O3S. The number of rotatable bonds is 8. The van der Waals surface area contributed by atoms with E-state index >= 15 is 0 Å². The molecule has 0 spiro atoms. The third kappa shape index (κ3) is 6.92. The number of anilines is 1. The standard InChI is InChI=1S/C28H24N2O3S/c31-27(22-10-7-13-26(20-22)32-19-18-21-8-3-1-4-9-21)30-28(34)29-23-14-16-25(17-15-23)33-24-11-5-2-6-12-24/h1-17,20H,18-19H2,(H2,29,30,31,34). The molecule has 0 aliphatic rings. The van der Waals surface area contributed by atoms with E-state index in [1.165, 1.54) is 5.56 Å². The van der Waals surface area contributed by atoms with Crippen molar-refractivity contribution < 1.29 is 14.3 Å². The smallest absolute Gasteiger partial charge is 0.257 e. The lowest BCUT2D eigenvalue weighted by Crippen LogP contribution is -2.34. The second-order valence-corrected chi connectivity index (χ2v) is 7.87. The van der Waals surface area contributed by atoms with Crippen molar-refractivity contribution in [2.45, 2.75) is 6.42 Å². The number of ether oxygens (including phenoxy) is 2. The van der Waals surface area contributed by atoms with Gasteiger partial charge in [-0.1, -0.05) is 54.6 Å². The van der Waals surface area contributed by atoms with Gasteiger partial charge in [0.1, 0.15) is 17.2 Å². The number of benzene rings is 4. The normalized spacial score (nSPS) is 10.2. The Hall–Kier alpha value is -4.16. The van der Waals surface area contributed by atoms with Crippen LogP contribution in [-0.4, -0.2) is 17.6 Å². The minimum Gasteiger partial charge on any atom is -0.493 e.